The number of nitrogens with zero attached hydrogens (tertiary/aromatic N) is 1. The van der Waals surface area contributed by atoms with Gasteiger partial charge in [-0.1, -0.05) is 49.0 Å². The lowest BCUT2D eigenvalue weighted by molar-refractivity contribution is -0.122. The van der Waals surface area contributed by atoms with Gasteiger partial charge in [0.2, 0.25) is 10.0 Å². The third-order valence-electron chi connectivity index (χ3n) is 4.76. The van der Waals surface area contributed by atoms with Crippen LogP contribution in [0.3, 0.4) is 0 Å². The Kier molecular flexibility index (Phi) is 7.82. The first-order valence-corrected chi connectivity index (χ1v) is 12.8. The van der Waals surface area contributed by atoms with Crippen LogP contribution >= 0.6 is 11.8 Å². The van der Waals surface area contributed by atoms with Crippen LogP contribution in [0.4, 0.5) is 11.4 Å². The second-order valence-electron chi connectivity index (χ2n) is 7.14. The normalized spacial score (nSPS) is 12.1. The average Bonchev–Trinajstić information content (AvgIpc) is 2.78. The number of nitrogens with one attached hydrogen (secondary N) is 1. The number of benzene rings is 3. The van der Waals surface area contributed by atoms with Gasteiger partial charge in [0.15, 0.2) is 6.10 Å². The first-order chi connectivity index (χ1) is 15.3. The molecule has 3 aromatic carbocycles. The van der Waals surface area contributed by atoms with Gasteiger partial charge in [0, 0.05) is 16.8 Å². The Balaban J connectivity index is 1.69. The average molecular weight is 471 g/mol. The molecule has 6 nitrogen and oxygen atoms in total. The van der Waals surface area contributed by atoms with Crippen molar-refractivity contribution in [3.05, 3.63) is 78.9 Å². The zero-order valence-corrected chi connectivity index (χ0v) is 19.8. The molecule has 0 aromatic heterocycles. The molecule has 0 radical (unpaired) electrons. The summed E-state index contributed by atoms with van der Waals surface area (Å²) >= 11 is 1.58. The summed E-state index contributed by atoms with van der Waals surface area (Å²) in [4.78, 5) is 14.9. The van der Waals surface area contributed by atoms with Crippen LogP contribution in [-0.4, -0.2) is 33.7 Å². The summed E-state index contributed by atoms with van der Waals surface area (Å²) in [5, 5.41) is 2.98. The van der Waals surface area contributed by atoms with Crippen molar-refractivity contribution in [2.45, 2.75) is 29.2 Å². The molecule has 0 aliphatic carbocycles. The zero-order valence-electron chi connectivity index (χ0n) is 18.2. The van der Waals surface area contributed by atoms with Gasteiger partial charge in [0.25, 0.3) is 5.91 Å². The Hall–Kier alpha value is -2.97. The minimum atomic E-state index is -3.34. The van der Waals surface area contributed by atoms with E-state index in [0.717, 1.165) is 21.7 Å². The van der Waals surface area contributed by atoms with Gasteiger partial charge in [0.05, 0.1) is 17.6 Å². The monoisotopic (exact) mass is 470 g/mol. The molecule has 0 aliphatic rings. The molecule has 1 amide bonds. The lowest BCUT2D eigenvalue weighted by atomic mass is 10.2. The number of para-hydroxylation sites is 1. The summed E-state index contributed by atoms with van der Waals surface area (Å²) < 4.78 is 30.4. The highest BCUT2D eigenvalue weighted by Gasteiger charge is 2.20. The maximum Gasteiger partial charge on any atom is 0.265 e. The van der Waals surface area contributed by atoms with Crippen molar-refractivity contribution < 1.29 is 17.9 Å². The van der Waals surface area contributed by atoms with Crippen molar-refractivity contribution in [2.75, 3.05) is 22.9 Å². The fraction of sp³-hybridized carbons (Fsp3) is 0.208. The second kappa shape index (κ2) is 10.6. The van der Waals surface area contributed by atoms with Gasteiger partial charge < -0.3 is 10.1 Å². The van der Waals surface area contributed by atoms with E-state index in [9.17, 15) is 13.2 Å². The molecule has 8 heteroatoms. The fourth-order valence-corrected chi connectivity index (χ4v) is 4.33. The van der Waals surface area contributed by atoms with Crippen LogP contribution in [-0.2, 0) is 14.8 Å². The summed E-state index contributed by atoms with van der Waals surface area (Å²) in [6.45, 7) is 1.88. The highest BCUT2D eigenvalue weighted by atomic mass is 32.2. The number of rotatable bonds is 9. The standard InChI is InChI=1S/C24H26N2O4S2/c1-4-22(30-19-16-14-18(15-17-19)26(2)32(3,28)29)24(27)25-21-12-8-9-13-23(21)31-20-10-6-5-7-11-20/h5-17,22H,4H2,1-3H3,(H,25,27). The summed E-state index contributed by atoms with van der Waals surface area (Å²) in [5.41, 5.74) is 1.24. The van der Waals surface area contributed by atoms with E-state index in [2.05, 4.69) is 5.32 Å². The van der Waals surface area contributed by atoms with E-state index in [1.54, 1.807) is 36.0 Å². The molecule has 0 spiro atoms. The predicted octanol–water partition coefficient (Wildman–Crippen LogP) is 5.03. The molecular formula is C24H26N2O4S2. The SMILES string of the molecule is CCC(Oc1ccc(N(C)S(C)(=O)=O)cc1)C(=O)Nc1ccccc1Sc1ccccc1. The van der Waals surface area contributed by atoms with Gasteiger partial charge in [-0.15, -0.1) is 0 Å². The molecule has 3 rings (SSSR count). The molecule has 32 heavy (non-hydrogen) atoms. The Labute approximate surface area is 193 Å². The van der Waals surface area contributed by atoms with Crippen molar-refractivity contribution in [2.24, 2.45) is 0 Å². The highest BCUT2D eigenvalue weighted by molar-refractivity contribution is 7.99. The van der Waals surface area contributed by atoms with Crippen LogP contribution in [0.25, 0.3) is 0 Å². The lowest BCUT2D eigenvalue weighted by Crippen LogP contribution is -2.32. The number of anilines is 2. The number of amides is 1. The highest BCUT2D eigenvalue weighted by Crippen LogP contribution is 2.33. The van der Waals surface area contributed by atoms with Crippen LogP contribution in [0.2, 0.25) is 0 Å². The van der Waals surface area contributed by atoms with Crippen molar-refractivity contribution in [1.29, 1.82) is 0 Å². The Morgan fingerprint density at radius 1 is 1.00 bits per heavy atom. The first-order valence-electron chi connectivity index (χ1n) is 10.1. The van der Waals surface area contributed by atoms with Crippen LogP contribution < -0.4 is 14.4 Å². The molecule has 3 aromatic rings. The number of sulfonamides is 1. The maximum absolute atomic E-state index is 12.9. The van der Waals surface area contributed by atoms with Gasteiger partial charge >= 0.3 is 0 Å². The zero-order chi connectivity index (χ0) is 23.1. The number of carbonyl (C=O) groups excluding carboxylic acids is 1. The van der Waals surface area contributed by atoms with Gasteiger partial charge in [-0.05, 0) is 55.0 Å². The summed E-state index contributed by atoms with van der Waals surface area (Å²) in [5.74, 6) is 0.246. The topological polar surface area (TPSA) is 75.7 Å². The van der Waals surface area contributed by atoms with E-state index >= 15 is 0 Å². The predicted molar refractivity (Wildman–Crippen MR) is 130 cm³/mol. The van der Waals surface area contributed by atoms with Crippen LogP contribution in [0.1, 0.15) is 13.3 Å². The smallest absolute Gasteiger partial charge is 0.265 e. The summed E-state index contributed by atoms with van der Waals surface area (Å²) in [7, 11) is -1.86. The summed E-state index contributed by atoms with van der Waals surface area (Å²) in [6, 6.07) is 24.2. The molecule has 1 atom stereocenters. The van der Waals surface area contributed by atoms with E-state index in [-0.39, 0.29) is 5.91 Å². The first kappa shape index (κ1) is 23.7. The van der Waals surface area contributed by atoms with Gasteiger partial charge in [-0.3, -0.25) is 9.10 Å². The van der Waals surface area contributed by atoms with Gasteiger partial charge in [-0.25, -0.2) is 8.42 Å². The van der Waals surface area contributed by atoms with Gasteiger partial charge in [0.1, 0.15) is 5.75 Å². The molecule has 0 bridgehead atoms. The number of carbonyl (C=O) groups is 1. The molecule has 0 fully saturated rings. The molecule has 0 saturated heterocycles. The van der Waals surface area contributed by atoms with Crippen molar-refractivity contribution >= 4 is 39.1 Å². The fourth-order valence-electron chi connectivity index (χ4n) is 2.90. The van der Waals surface area contributed by atoms with Crippen molar-refractivity contribution in [3.63, 3.8) is 0 Å². The lowest BCUT2D eigenvalue weighted by Gasteiger charge is -2.20. The number of hydrogen-bond acceptors (Lipinski definition) is 5. The third-order valence-corrected chi connectivity index (χ3v) is 7.04. The third kappa shape index (κ3) is 6.27. The van der Waals surface area contributed by atoms with E-state index in [0.29, 0.717) is 17.9 Å². The summed E-state index contributed by atoms with van der Waals surface area (Å²) in [6.07, 6.45) is 0.927. The number of ether oxygens (including phenoxy) is 1. The quantitative estimate of drug-likeness (QED) is 0.475. The minimum absolute atomic E-state index is 0.244. The Morgan fingerprint density at radius 2 is 1.62 bits per heavy atom. The van der Waals surface area contributed by atoms with E-state index in [1.807, 2.05) is 61.5 Å². The second-order valence-corrected chi connectivity index (χ2v) is 10.3. The maximum atomic E-state index is 12.9. The van der Waals surface area contributed by atoms with E-state index < -0.39 is 16.1 Å². The minimum Gasteiger partial charge on any atom is -0.481 e. The van der Waals surface area contributed by atoms with Crippen LogP contribution in [0.15, 0.2) is 88.7 Å². The Morgan fingerprint density at radius 3 is 2.25 bits per heavy atom. The van der Waals surface area contributed by atoms with Crippen LogP contribution in [0.5, 0.6) is 5.75 Å². The molecular weight excluding hydrogens is 444 g/mol. The van der Waals surface area contributed by atoms with E-state index in [1.165, 1.54) is 11.4 Å². The molecule has 0 heterocycles. The van der Waals surface area contributed by atoms with Crippen molar-refractivity contribution in [3.8, 4) is 5.75 Å². The van der Waals surface area contributed by atoms with Crippen molar-refractivity contribution in [1.82, 2.24) is 0 Å². The van der Waals surface area contributed by atoms with E-state index in [4.69, 9.17) is 4.74 Å². The molecule has 1 N–H and O–H groups in total. The Bertz CT molecular complexity index is 1150. The number of hydrogen-bond donors (Lipinski definition) is 1. The molecule has 0 aliphatic heterocycles. The van der Waals surface area contributed by atoms with Gasteiger partial charge in [-0.2, -0.15) is 0 Å². The van der Waals surface area contributed by atoms with Crippen LogP contribution in [0, 0.1) is 0 Å². The molecule has 0 saturated carbocycles. The molecule has 168 valence electrons. The molecule has 1 unspecified atom stereocenters. The largest absolute Gasteiger partial charge is 0.481 e.